The highest BCUT2D eigenvalue weighted by Gasteiger charge is 2.34. The third-order valence-corrected chi connectivity index (χ3v) is 6.25. The minimum Gasteiger partial charge on any atom is -0.373 e. The number of hydrogen-bond donors (Lipinski definition) is 1. The van der Waals surface area contributed by atoms with Gasteiger partial charge in [0.2, 0.25) is 5.91 Å². The van der Waals surface area contributed by atoms with Crippen LogP contribution in [0.5, 0.6) is 0 Å². The van der Waals surface area contributed by atoms with E-state index in [1.165, 1.54) is 0 Å². The first-order valence-corrected chi connectivity index (χ1v) is 10.9. The number of aromatic nitrogens is 3. The van der Waals surface area contributed by atoms with Gasteiger partial charge in [0, 0.05) is 51.5 Å². The number of carbonyl (C=O) groups is 2. The van der Waals surface area contributed by atoms with Crippen molar-refractivity contribution in [2.75, 3.05) is 32.0 Å². The minimum absolute atomic E-state index is 0.0335. The maximum Gasteiger partial charge on any atom is 0.259 e. The molecule has 2 aliphatic rings. The highest BCUT2D eigenvalue weighted by atomic mass is 16.5. The summed E-state index contributed by atoms with van der Waals surface area (Å²) in [6.07, 6.45) is 1.53. The van der Waals surface area contributed by atoms with E-state index in [0.717, 1.165) is 29.3 Å². The molecule has 9 heteroatoms. The Balaban J connectivity index is 1.56. The summed E-state index contributed by atoms with van der Waals surface area (Å²) in [5.41, 5.74) is 3.28. The molecule has 1 N–H and O–H groups in total. The molecule has 2 aromatic rings. The van der Waals surface area contributed by atoms with Gasteiger partial charge in [0.1, 0.15) is 23.0 Å². The lowest BCUT2D eigenvalue weighted by atomic mass is 10.0. The van der Waals surface area contributed by atoms with Crippen molar-refractivity contribution < 1.29 is 14.1 Å². The summed E-state index contributed by atoms with van der Waals surface area (Å²) in [5.74, 6) is 2.32. The molecule has 0 aliphatic carbocycles. The zero-order valence-electron chi connectivity index (χ0n) is 18.9. The van der Waals surface area contributed by atoms with Crippen molar-refractivity contribution in [2.45, 2.75) is 58.9 Å². The fourth-order valence-electron chi connectivity index (χ4n) is 4.45. The van der Waals surface area contributed by atoms with Crippen LogP contribution in [0, 0.1) is 6.92 Å². The van der Waals surface area contributed by atoms with Crippen molar-refractivity contribution in [3.63, 3.8) is 0 Å². The molecule has 2 amide bonds. The summed E-state index contributed by atoms with van der Waals surface area (Å²) < 4.78 is 5.31. The minimum atomic E-state index is -0.0335. The topological polar surface area (TPSA) is 104 Å². The zero-order valence-corrected chi connectivity index (χ0v) is 18.9. The first-order chi connectivity index (χ1) is 14.8. The molecule has 166 valence electrons. The Morgan fingerprint density at radius 2 is 1.97 bits per heavy atom. The summed E-state index contributed by atoms with van der Waals surface area (Å²) >= 11 is 0. The largest absolute Gasteiger partial charge is 0.373 e. The number of nitrogens with one attached hydrogen (secondary N) is 1. The Hall–Kier alpha value is -2.97. The molecule has 0 spiro atoms. The summed E-state index contributed by atoms with van der Waals surface area (Å²) in [4.78, 5) is 38.3. The van der Waals surface area contributed by atoms with Crippen molar-refractivity contribution >= 4 is 17.6 Å². The first-order valence-electron chi connectivity index (χ1n) is 10.9. The van der Waals surface area contributed by atoms with Crippen LogP contribution in [0.1, 0.15) is 77.9 Å². The highest BCUT2D eigenvalue weighted by Crippen LogP contribution is 2.32. The van der Waals surface area contributed by atoms with E-state index in [2.05, 4.69) is 10.5 Å². The van der Waals surface area contributed by atoms with Crippen molar-refractivity contribution in [3.8, 4) is 0 Å². The standard InChI is InChI=1S/C22H30N6O3/c1-12(2)19-18(13(3)31-26-19)22(30)28-8-6-15(10-28)20-24-17-7-9-27(14(4)29)11-16(17)21(23-5)25-20/h12,15H,6-11H2,1-5H3,(H,23,24,25)/t15-/m0/s1. The van der Waals surface area contributed by atoms with E-state index in [4.69, 9.17) is 14.5 Å². The summed E-state index contributed by atoms with van der Waals surface area (Å²) in [6, 6.07) is 0. The number of aryl methyl sites for hydroxylation is 1. The Morgan fingerprint density at radius 1 is 1.19 bits per heavy atom. The summed E-state index contributed by atoms with van der Waals surface area (Å²) in [7, 11) is 1.84. The average molecular weight is 427 g/mol. The van der Waals surface area contributed by atoms with Gasteiger partial charge in [0.25, 0.3) is 5.91 Å². The maximum absolute atomic E-state index is 13.2. The SMILES string of the molecule is CNc1nc([C@H]2CCN(C(=O)c3c(C(C)C)noc3C)C2)nc2c1CN(C(C)=O)CC2. The van der Waals surface area contributed by atoms with E-state index < -0.39 is 0 Å². The Kier molecular flexibility index (Phi) is 5.68. The molecule has 4 heterocycles. The number of hydrogen-bond acceptors (Lipinski definition) is 7. The zero-order chi connectivity index (χ0) is 22.3. The van der Waals surface area contributed by atoms with Crippen LogP contribution >= 0.6 is 0 Å². The number of rotatable bonds is 4. The molecule has 0 bridgehead atoms. The van der Waals surface area contributed by atoms with Gasteiger partial charge in [-0.1, -0.05) is 19.0 Å². The molecule has 31 heavy (non-hydrogen) atoms. The van der Waals surface area contributed by atoms with E-state index in [9.17, 15) is 9.59 Å². The Bertz CT molecular complexity index is 998. The van der Waals surface area contributed by atoms with Crippen LogP contribution < -0.4 is 5.32 Å². The number of amides is 2. The molecule has 2 aromatic heterocycles. The molecule has 4 rings (SSSR count). The molecular formula is C22H30N6O3. The van der Waals surface area contributed by atoms with E-state index in [1.807, 2.05) is 30.7 Å². The molecule has 0 unspecified atom stereocenters. The molecule has 9 nitrogen and oxygen atoms in total. The van der Waals surface area contributed by atoms with Crippen LogP contribution in [-0.2, 0) is 17.8 Å². The molecule has 1 atom stereocenters. The highest BCUT2D eigenvalue weighted by molar-refractivity contribution is 5.96. The van der Waals surface area contributed by atoms with Crippen molar-refractivity contribution in [3.05, 3.63) is 34.1 Å². The lowest BCUT2D eigenvalue weighted by Crippen LogP contribution is -2.35. The van der Waals surface area contributed by atoms with Gasteiger partial charge < -0.3 is 19.6 Å². The van der Waals surface area contributed by atoms with E-state index in [0.29, 0.717) is 49.6 Å². The van der Waals surface area contributed by atoms with Gasteiger partial charge >= 0.3 is 0 Å². The van der Waals surface area contributed by atoms with Gasteiger partial charge in [-0.05, 0) is 19.3 Å². The van der Waals surface area contributed by atoms with E-state index in [1.54, 1.807) is 13.8 Å². The molecule has 2 aliphatic heterocycles. The Labute approximate surface area is 182 Å². The van der Waals surface area contributed by atoms with Crippen LogP contribution in [0.25, 0.3) is 0 Å². The normalized spacial score (nSPS) is 18.5. The van der Waals surface area contributed by atoms with Gasteiger partial charge in [-0.3, -0.25) is 9.59 Å². The molecular weight excluding hydrogens is 396 g/mol. The molecule has 0 saturated carbocycles. The predicted molar refractivity (Wildman–Crippen MR) is 115 cm³/mol. The maximum atomic E-state index is 13.2. The Morgan fingerprint density at radius 3 is 2.65 bits per heavy atom. The molecule has 1 saturated heterocycles. The third-order valence-electron chi connectivity index (χ3n) is 6.25. The number of fused-ring (bicyclic) bond motifs is 1. The average Bonchev–Trinajstić information content (AvgIpc) is 3.39. The lowest BCUT2D eigenvalue weighted by Gasteiger charge is -2.29. The van der Waals surface area contributed by atoms with Gasteiger partial charge in [-0.25, -0.2) is 9.97 Å². The fourth-order valence-corrected chi connectivity index (χ4v) is 4.45. The van der Waals surface area contributed by atoms with Crippen molar-refractivity contribution in [1.29, 1.82) is 0 Å². The van der Waals surface area contributed by atoms with Crippen LogP contribution in [0.4, 0.5) is 5.82 Å². The molecule has 1 fully saturated rings. The van der Waals surface area contributed by atoms with E-state index >= 15 is 0 Å². The van der Waals surface area contributed by atoms with Gasteiger partial charge in [0.05, 0.1) is 17.9 Å². The summed E-state index contributed by atoms with van der Waals surface area (Å²) in [5, 5.41) is 7.26. The third kappa shape index (κ3) is 3.88. The smallest absolute Gasteiger partial charge is 0.259 e. The number of carbonyl (C=O) groups excluding carboxylic acids is 2. The van der Waals surface area contributed by atoms with Gasteiger partial charge in [-0.15, -0.1) is 0 Å². The molecule has 0 aromatic carbocycles. The predicted octanol–water partition coefficient (Wildman–Crippen LogP) is 2.47. The first kappa shape index (κ1) is 21.3. The van der Waals surface area contributed by atoms with Gasteiger partial charge in [0.15, 0.2) is 0 Å². The second-order valence-corrected chi connectivity index (χ2v) is 8.69. The number of nitrogens with zero attached hydrogens (tertiary/aromatic N) is 5. The van der Waals surface area contributed by atoms with Gasteiger partial charge in [-0.2, -0.15) is 0 Å². The van der Waals surface area contributed by atoms with Crippen LogP contribution in [0.3, 0.4) is 0 Å². The lowest BCUT2D eigenvalue weighted by molar-refractivity contribution is -0.129. The molecule has 0 radical (unpaired) electrons. The van der Waals surface area contributed by atoms with Crippen LogP contribution in [0.15, 0.2) is 4.52 Å². The fraction of sp³-hybridized carbons (Fsp3) is 0.591. The van der Waals surface area contributed by atoms with Crippen molar-refractivity contribution in [2.24, 2.45) is 0 Å². The van der Waals surface area contributed by atoms with E-state index in [-0.39, 0.29) is 23.7 Å². The number of anilines is 1. The second-order valence-electron chi connectivity index (χ2n) is 8.69. The second kappa shape index (κ2) is 8.28. The number of likely N-dealkylation sites (tertiary alicyclic amines) is 1. The van der Waals surface area contributed by atoms with Crippen LogP contribution in [0.2, 0.25) is 0 Å². The summed E-state index contributed by atoms with van der Waals surface area (Å²) in [6.45, 7) is 9.81. The monoisotopic (exact) mass is 426 g/mol. The van der Waals surface area contributed by atoms with Crippen molar-refractivity contribution in [1.82, 2.24) is 24.9 Å². The van der Waals surface area contributed by atoms with Crippen LogP contribution in [-0.4, -0.2) is 63.4 Å². The quantitative estimate of drug-likeness (QED) is 0.801.